The first-order valence-electron chi connectivity index (χ1n) is 7.84. The van der Waals surface area contributed by atoms with Crippen LogP contribution in [0.15, 0.2) is 23.3 Å². The van der Waals surface area contributed by atoms with Crippen molar-refractivity contribution >= 4 is 30.0 Å². The molecule has 1 aromatic heterocycles. The minimum atomic E-state index is -0.0690. The Bertz CT molecular complexity index is 794. The lowest BCUT2D eigenvalue weighted by Crippen LogP contribution is -2.06. The van der Waals surface area contributed by atoms with E-state index < -0.39 is 0 Å². The van der Waals surface area contributed by atoms with Crippen LogP contribution in [0, 0.1) is 4.77 Å². The number of H-pyrrole nitrogens is 1. The molecule has 1 aliphatic heterocycles. The van der Waals surface area contributed by atoms with E-state index in [4.69, 9.17) is 33.3 Å². The van der Waals surface area contributed by atoms with Crippen LogP contribution in [0.25, 0.3) is 0 Å². The lowest BCUT2D eigenvalue weighted by atomic mass is 10.2. The van der Waals surface area contributed by atoms with Crippen molar-refractivity contribution in [2.24, 2.45) is 5.10 Å². The number of nitrogens with zero attached hydrogens (tertiary/aromatic N) is 3. The molecule has 1 saturated heterocycles. The summed E-state index contributed by atoms with van der Waals surface area (Å²) in [5, 5.41) is 12.0. The van der Waals surface area contributed by atoms with Crippen molar-refractivity contribution in [3.63, 3.8) is 0 Å². The monoisotopic (exact) mass is 366 g/mol. The van der Waals surface area contributed by atoms with Gasteiger partial charge in [0.15, 0.2) is 5.82 Å². The molecule has 0 saturated carbocycles. The minimum Gasteiger partial charge on any atom is -0.489 e. The zero-order chi connectivity index (χ0) is 17.1. The Kier molecular flexibility index (Phi) is 5.33. The van der Waals surface area contributed by atoms with Gasteiger partial charge in [-0.3, -0.25) is 5.10 Å². The van der Waals surface area contributed by atoms with Gasteiger partial charge < -0.3 is 9.47 Å². The number of rotatable bonds is 5. The predicted molar refractivity (Wildman–Crippen MR) is 95.5 cm³/mol. The van der Waals surface area contributed by atoms with Crippen LogP contribution >= 0.6 is 23.8 Å². The second-order valence-corrected chi connectivity index (χ2v) is 6.60. The molecule has 1 unspecified atom stereocenters. The molecule has 3 rings (SSSR count). The van der Waals surface area contributed by atoms with Crippen molar-refractivity contribution in [2.45, 2.75) is 38.9 Å². The van der Waals surface area contributed by atoms with E-state index in [-0.39, 0.29) is 12.2 Å². The Hall–Kier alpha value is -1.70. The van der Waals surface area contributed by atoms with Gasteiger partial charge in [-0.25, -0.2) is 0 Å². The summed E-state index contributed by atoms with van der Waals surface area (Å²) < 4.78 is 13.3. The Balaban J connectivity index is 1.82. The molecule has 1 aromatic carbocycles. The minimum absolute atomic E-state index is 0.0690. The number of halogens is 1. The third kappa shape index (κ3) is 3.85. The molecule has 1 atom stereocenters. The topological polar surface area (TPSA) is 64.4 Å². The van der Waals surface area contributed by atoms with E-state index in [9.17, 15) is 0 Å². The summed E-state index contributed by atoms with van der Waals surface area (Å²) in [7, 11) is 0. The molecule has 1 N–H and O–H groups in total. The molecular formula is C16H19ClN4O2S. The van der Waals surface area contributed by atoms with Gasteiger partial charge in [0.2, 0.25) is 4.77 Å². The van der Waals surface area contributed by atoms with Crippen LogP contribution in [-0.2, 0) is 4.74 Å². The van der Waals surface area contributed by atoms with Gasteiger partial charge in [-0.1, -0.05) is 11.6 Å². The number of nitrogens with one attached hydrogen (secondary N) is 1. The van der Waals surface area contributed by atoms with E-state index in [0.717, 1.165) is 25.0 Å². The van der Waals surface area contributed by atoms with Crippen LogP contribution in [-0.4, -0.2) is 33.8 Å². The highest BCUT2D eigenvalue weighted by Gasteiger charge is 2.23. The van der Waals surface area contributed by atoms with Crippen LogP contribution in [0.4, 0.5) is 0 Å². The van der Waals surface area contributed by atoms with E-state index in [1.165, 1.54) is 0 Å². The fraction of sp³-hybridized carbons (Fsp3) is 0.438. The zero-order valence-corrected chi connectivity index (χ0v) is 15.1. The number of aromatic amines is 1. The normalized spacial score (nSPS) is 17.9. The van der Waals surface area contributed by atoms with E-state index >= 15 is 0 Å². The van der Waals surface area contributed by atoms with Crippen LogP contribution in [0.1, 0.15) is 44.2 Å². The molecule has 2 aromatic rings. The van der Waals surface area contributed by atoms with Gasteiger partial charge in [0.05, 0.1) is 17.3 Å². The van der Waals surface area contributed by atoms with E-state index in [1.807, 2.05) is 26.0 Å². The van der Waals surface area contributed by atoms with Gasteiger partial charge in [-0.15, -0.1) is 0 Å². The van der Waals surface area contributed by atoms with Gasteiger partial charge in [-0.2, -0.15) is 14.9 Å². The summed E-state index contributed by atoms with van der Waals surface area (Å²) in [4.78, 5) is 0. The van der Waals surface area contributed by atoms with Crippen molar-refractivity contribution in [3.8, 4) is 5.75 Å². The maximum Gasteiger partial charge on any atom is 0.216 e. The second-order valence-electron chi connectivity index (χ2n) is 5.80. The molecule has 6 nitrogen and oxygen atoms in total. The van der Waals surface area contributed by atoms with E-state index in [0.29, 0.717) is 21.4 Å². The Morgan fingerprint density at radius 2 is 2.38 bits per heavy atom. The predicted octanol–water partition coefficient (Wildman–Crippen LogP) is 4.11. The fourth-order valence-electron chi connectivity index (χ4n) is 2.48. The lowest BCUT2D eigenvalue weighted by molar-refractivity contribution is 0.102. The highest BCUT2D eigenvalue weighted by molar-refractivity contribution is 7.71. The molecule has 0 bridgehead atoms. The van der Waals surface area contributed by atoms with E-state index in [1.54, 1.807) is 17.0 Å². The first-order chi connectivity index (χ1) is 11.5. The van der Waals surface area contributed by atoms with Gasteiger partial charge in [0.1, 0.15) is 11.9 Å². The summed E-state index contributed by atoms with van der Waals surface area (Å²) in [5.41, 5.74) is 0.845. The second kappa shape index (κ2) is 7.46. The largest absolute Gasteiger partial charge is 0.489 e. The smallest absolute Gasteiger partial charge is 0.216 e. The number of aromatic nitrogens is 3. The maximum atomic E-state index is 6.25. The summed E-state index contributed by atoms with van der Waals surface area (Å²) in [6.45, 7) is 4.65. The zero-order valence-electron chi connectivity index (χ0n) is 13.5. The molecule has 24 heavy (non-hydrogen) atoms. The molecule has 2 heterocycles. The quantitative estimate of drug-likeness (QED) is 0.638. The van der Waals surface area contributed by atoms with Crippen molar-refractivity contribution in [1.29, 1.82) is 0 Å². The molecule has 1 aliphatic rings. The number of benzene rings is 1. The molecule has 8 heteroatoms. The van der Waals surface area contributed by atoms with Crippen molar-refractivity contribution in [2.75, 3.05) is 6.61 Å². The molecule has 1 fully saturated rings. The maximum absolute atomic E-state index is 6.25. The van der Waals surface area contributed by atoms with Gasteiger partial charge in [0.25, 0.3) is 0 Å². The highest BCUT2D eigenvalue weighted by Crippen LogP contribution is 2.28. The molecule has 0 spiro atoms. The average molecular weight is 367 g/mol. The number of hydrogen-bond donors (Lipinski definition) is 1. The van der Waals surface area contributed by atoms with Gasteiger partial charge in [-0.05, 0) is 62.7 Å². The van der Waals surface area contributed by atoms with Crippen molar-refractivity contribution < 1.29 is 9.47 Å². The number of ether oxygens (including phenoxy) is 2. The van der Waals surface area contributed by atoms with Crippen LogP contribution < -0.4 is 4.74 Å². The Morgan fingerprint density at radius 3 is 3.04 bits per heavy atom. The molecule has 0 aliphatic carbocycles. The SMILES string of the molecule is CC(C)Oc1ccc(/C=N\n2c(C3CCCO3)n[nH]c2=S)cc1Cl. The van der Waals surface area contributed by atoms with Gasteiger partial charge in [0, 0.05) is 6.61 Å². The van der Waals surface area contributed by atoms with Crippen LogP contribution in [0.2, 0.25) is 5.02 Å². The Labute approximate surface area is 150 Å². The number of hydrogen-bond acceptors (Lipinski definition) is 5. The van der Waals surface area contributed by atoms with Crippen LogP contribution in [0.3, 0.4) is 0 Å². The summed E-state index contributed by atoms with van der Waals surface area (Å²) in [6.07, 6.45) is 3.62. The third-order valence-electron chi connectivity index (χ3n) is 3.53. The van der Waals surface area contributed by atoms with Crippen molar-refractivity contribution in [1.82, 2.24) is 14.9 Å². The third-order valence-corrected chi connectivity index (χ3v) is 4.09. The van der Waals surface area contributed by atoms with Crippen LogP contribution in [0.5, 0.6) is 5.75 Å². The molecular weight excluding hydrogens is 348 g/mol. The first-order valence-corrected chi connectivity index (χ1v) is 8.62. The molecule has 128 valence electrons. The average Bonchev–Trinajstić information content (AvgIpc) is 3.17. The molecule has 0 radical (unpaired) electrons. The van der Waals surface area contributed by atoms with E-state index in [2.05, 4.69) is 15.3 Å². The summed E-state index contributed by atoms with van der Waals surface area (Å²) >= 11 is 11.5. The Morgan fingerprint density at radius 1 is 1.54 bits per heavy atom. The molecule has 0 amide bonds. The van der Waals surface area contributed by atoms with Gasteiger partial charge >= 0.3 is 0 Å². The lowest BCUT2D eigenvalue weighted by Gasteiger charge is -2.11. The highest BCUT2D eigenvalue weighted by atomic mass is 35.5. The summed E-state index contributed by atoms with van der Waals surface area (Å²) in [5.74, 6) is 1.35. The first kappa shape index (κ1) is 17.1. The fourth-order valence-corrected chi connectivity index (χ4v) is 2.90. The summed E-state index contributed by atoms with van der Waals surface area (Å²) in [6, 6.07) is 5.53. The van der Waals surface area contributed by atoms with Crippen molar-refractivity contribution in [3.05, 3.63) is 39.4 Å². The standard InChI is InChI=1S/C16H19ClN4O2S/c1-10(2)23-13-6-5-11(8-12(13)17)9-18-21-15(19-20-16(21)24)14-4-3-7-22-14/h5-6,8-10,14H,3-4,7H2,1-2H3,(H,20,24)/b18-9-.